The van der Waals surface area contributed by atoms with E-state index in [4.69, 9.17) is 0 Å². The third kappa shape index (κ3) is 2.37. The van der Waals surface area contributed by atoms with E-state index in [1.165, 1.54) is 31.5 Å². The average molecular weight is 193 g/mol. The molecule has 2 nitrogen and oxygen atoms in total. The zero-order valence-electron chi connectivity index (χ0n) is 8.96. The molecule has 2 aliphatic rings. The second-order valence-corrected chi connectivity index (χ2v) is 4.49. The maximum atomic E-state index is 11.2. The summed E-state index contributed by atoms with van der Waals surface area (Å²) < 4.78 is 0. The molecule has 2 aliphatic carbocycles. The molecule has 0 N–H and O–H groups in total. The first-order chi connectivity index (χ1) is 6.79. The molecule has 2 heteroatoms. The predicted molar refractivity (Wildman–Crippen MR) is 56.9 cm³/mol. The number of allylic oxidation sites excluding steroid dienone is 2. The summed E-state index contributed by atoms with van der Waals surface area (Å²) >= 11 is 0. The van der Waals surface area contributed by atoms with Crippen molar-refractivity contribution in [2.45, 2.75) is 39.0 Å². The average Bonchev–Trinajstić information content (AvgIpc) is 2.87. The molecule has 0 radical (unpaired) electrons. The van der Waals surface area contributed by atoms with Crippen LogP contribution >= 0.6 is 0 Å². The van der Waals surface area contributed by atoms with E-state index < -0.39 is 0 Å². The van der Waals surface area contributed by atoms with Crippen LogP contribution in [-0.2, 0) is 4.79 Å². The molecule has 0 amide bonds. The summed E-state index contributed by atoms with van der Waals surface area (Å²) in [6, 6.07) is 0. The van der Waals surface area contributed by atoms with Gasteiger partial charge in [-0.05, 0) is 31.6 Å². The lowest BCUT2D eigenvalue weighted by Gasteiger charge is -2.25. The van der Waals surface area contributed by atoms with Crippen molar-refractivity contribution in [1.29, 1.82) is 0 Å². The Balaban J connectivity index is 1.93. The van der Waals surface area contributed by atoms with Gasteiger partial charge in [-0.15, -0.1) is 0 Å². The summed E-state index contributed by atoms with van der Waals surface area (Å²) in [7, 11) is 0. The second-order valence-electron chi connectivity index (χ2n) is 4.49. The Bertz CT molecular complexity index is 253. The molecule has 0 aliphatic heterocycles. The number of carbonyl (C=O) groups is 1. The van der Waals surface area contributed by atoms with Crippen LogP contribution in [-0.4, -0.2) is 23.8 Å². The van der Waals surface area contributed by atoms with E-state index >= 15 is 0 Å². The van der Waals surface area contributed by atoms with Crippen LogP contribution < -0.4 is 0 Å². The Hall–Kier alpha value is -0.790. The number of carbonyl (C=O) groups excluding carboxylic acids is 1. The maximum Gasteiger partial charge on any atom is 0.157 e. The van der Waals surface area contributed by atoms with E-state index in [2.05, 4.69) is 11.8 Å². The van der Waals surface area contributed by atoms with Crippen molar-refractivity contribution in [2.24, 2.45) is 5.92 Å². The fraction of sp³-hybridized carbons (Fsp3) is 0.750. The van der Waals surface area contributed by atoms with Crippen LogP contribution in [0, 0.1) is 5.92 Å². The van der Waals surface area contributed by atoms with Crippen molar-refractivity contribution in [2.75, 3.05) is 13.1 Å². The molecule has 0 atom stereocenters. The van der Waals surface area contributed by atoms with Crippen LogP contribution in [0.15, 0.2) is 11.8 Å². The summed E-state index contributed by atoms with van der Waals surface area (Å²) in [4.78, 5) is 13.6. The monoisotopic (exact) mass is 193 g/mol. The van der Waals surface area contributed by atoms with Gasteiger partial charge < -0.3 is 4.90 Å². The highest BCUT2D eigenvalue weighted by Crippen LogP contribution is 2.32. The minimum atomic E-state index is 0.317. The number of ketones is 1. The van der Waals surface area contributed by atoms with Gasteiger partial charge in [0.25, 0.3) is 0 Å². The molecular weight excluding hydrogens is 174 g/mol. The van der Waals surface area contributed by atoms with Gasteiger partial charge in [-0.25, -0.2) is 0 Å². The van der Waals surface area contributed by atoms with Crippen LogP contribution in [0.5, 0.6) is 0 Å². The van der Waals surface area contributed by atoms with E-state index in [0.29, 0.717) is 5.78 Å². The van der Waals surface area contributed by atoms with Crippen molar-refractivity contribution >= 4 is 5.78 Å². The molecule has 0 aromatic rings. The lowest BCUT2D eigenvalue weighted by molar-refractivity contribution is -0.114. The molecule has 0 bridgehead atoms. The lowest BCUT2D eigenvalue weighted by Crippen LogP contribution is -2.25. The molecule has 0 unspecified atom stereocenters. The Morgan fingerprint density at radius 3 is 2.71 bits per heavy atom. The maximum absolute atomic E-state index is 11.2. The van der Waals surface area contributed by atoms with Crippen LogP contribution in [0.3, 0.4) is 0 Å². The van der Waals surface area contributed by atoms with Gasteiger partial charge in [-0.2, -0.15) is 0 Å². The Morgan fingerprint density at radius 1 is 1.43 bits per heavy atom. The van der Waals surface area contributed by atoms with Crippen molar-refractivity contribution in [3.05, 3.63) is 11.8 Å². The Labute approximate surface area is 86.0 Å². The molecule has 14 heavy (non-hydrogen) atoms. The predicted octanol–water partition coefficient (Wildman–Crippen LogP) is 2.36. The number of hydrogen-bond donors (Lipinski definition) is 0. The molecule has 0 heterocycles. The zero-order chi connectivity index (χ0) is 9.97. The summed E-state index contributed by atoms with van der Waals surface area (Å²) in [5.74, 6) is 1.23. The van der Waals surface area contributed by atoms with Crippen molar-refractivity contribution < 1.29 is 4.79 Å². The summed E-state index contributed by atoms with van der Waals surface area (Å²) in [6.45, 7) is 4.51. The molecule has 1 saturated carbocycles. The van der Waals surface area contributed by atoms with Crippen molar-refractivity contribution in [3.8, 4) is 0 Å². The highest BCUT2D eigenvalue weighted by atomic mass is 16.1. The smallest absolute Gasteiger partial charge is 0.157 e. The SMILES string of the molecule is CCCN(CC1CC1)C1=CC(=O)CC1. The molecule has 0 aromatic heterocycles. The first-order valence-electron chi connectivity index (χ1n) is 5.78. The normalized spacial score (nSPS) is 21.2. The van der Waals surface area contributed by atoms with Crippen molar-refractivity contribution in [3.63, 3.8) is 0 Å². The third-order valence-corrected chi connectivity index (χ3v) is 3.03. The molecule has 78 valence electrons. The fourth-order valence-corrected chi connectivity index (χ4v) is 2.07. The number of hydrogen-bond acceptors (Lipinski definition) is 2. The van der Waals surface area contributed by atoms with E-state index in [1.54, 1.807) is 0 Å². The van der Waals surface area contributed by atoms with E-state index in [-0.39, 0.29) is 0 Å². The fourth-order valence-electron chi connectivity index (χ4n) is 2.07. The third-order valence-electron chi connectivity index (χ3n) is 3.03. The van der Waals surface area contributed by atoms with Gasteiger partial charge in [-0.1, -0.05) is 6.92 Å². The van der Waals surface area contributed by atoms with Gasteiger partial charge in [0.15, 0.2) is 5.78 Å². The van der Waals surface area contributed by atoms with Gasteiger partial charge in [-0.3, -0.25) is 4.79 Å². The number of rotatable bonds is 5. The second kappa shape index (κ2) is 4.16. The Kier molecular flexibility index (Phi) is 2.90. The van der Waals surface area contributed by atoms with E-state index in [1.807, 2.05) is 6.08 Å². The minimum absolute atomic E-state index is 0.317. The summed E-state index contributed by atoms with van der Waals surface area (Å²) in [5, 5.41) is 0. The minimum Gasteiger partial charge on any atom is -0.374 e. The van der Waals surface area contributed by atoms with Gasteiger partial charge in [0.2, 0.25) is 0 Å². The zero-order valence-corrected chi connectivity index (χ0v) is 8.96. The number of nitrogens with zero attached hydrogens (tertiary/aromatic N) is 1. The van der Waals surface area contributed by atoms with E-state index in [9.17, 15) is 4.79 Å². The molecule has 2 rings (SSSR count). The highest BCUT2D eigenvalue weighted by Gasteiger charge is 2.26. The van der Waals surface area contributed by atoms with E-state index in [0.717, 1.165) is 25.3 Å². The summed E-state index contributed by atoms with van der Waals surface area (Å²) in [5.41, 5.74) is 1.30. The molecular formula is C12H19NO. The molecule has 1 fully saturated rings. The summed E-state index contributed by atoms with van der Waals surface area (Å²) in [6.07, 6.45) is 7.53. The lowest BCUT2D eigenvalue weighted by atomic mass is 10.2. The highest BCUT2D eigenvalue weighted by molar-refractivity contribution is 5.92. The van der Waals surface area contributed by atoms with Crippen LogP contribution in [0.1, 0.15) is 39.0 Å². The van der Waals surface area contributed by atoms with Crippen LogP contribution in [0.2, 0.25) is 0 Å². The van der Waals surface area contributed by atoms with Crippen LogP contribution in [0.25, 0.3) is 0 Å². The molecule has 0 spiro atoms. The largest absolute Gasteiger partial charge is 0.374 e. The standard InChI is InChI=1S/C12H19NO/c1-2-7-13(9-10-3-4-10)11-5-6-12(14)8-11/h8,10H,2-7,9H2,1H3. The quantitative estimate of drug-likeness (QED) is 0.668. The van der Waals surface area contributed by atoms with Gasteiger partial charge >= 0.3 is 0 Å². The Morgan fingerprint density at radius 2 is 2.21 bits per heavy atom. The van der Waals surface area contributed by atoms with Gasteiger partial charge in [0.05, 0.1) is 0 Å². The topological polar surface area (TPSA) is 20.3 Å². The van der Waals surface area contributed by atoms with Gasteiger partial charge in [0.1, 0.15) is 0 Å². The van der Waals surface area contributed by atoms with Crippen molar-refractivity contribution in [1.82, 2.24) is 4.90 Å². The molecule has 0 saturated heterocycles. The van der Waals surface area contributed by atoms with Gasteiger partial charge in [0, 0.05) is 31.3 Å². The first-order valence-corrected chi connectivity index (χ1v) is 5.78. The first kappa shape index (κ1) is 9.75. The molecule has 0 aromatic carbocycles. The van der Waals surface area contributed by atoms with Crippen LogP contribution in [0.4, 0.5) is 0 Å².